The van der Waals surface area contributed by atoms with E-state index in [-0.39, 0.29) is 11.9 Å². The molecule has 1 atom stereocenters. The average Bonchev–Trinajstić information content (AvgIpc) is 2.74. The van der Waals surface area contributed by atoms with Crippen LogP contribution in [0.15, 0.2) is 18.3 Å². The van der Waals surface area contributed by atoms with Crippen molar-refractivity contribution in [1.29, 1.82) is 0 Å². The lowest BCUT2D eigenvalue weighted by atomic mass is 10.2. The Bertz CT molecular complexity index is 618. The number of nitrogens with zero attached hydrogens (tertiary/aromatic N) is 2. The molecule has 1 amide bonds. The molecule has 0 saturated heterocycles. The Morgan fingerprint density at radius 1 is 1.56 bits per heavy atom. The Morgan fingerprint density at radius 2 is 2.39 bits per heavy atom. The van der Waals surface area contributed by atoms with E-state index in [0.29, 0.717) is 18.8 Å². The topological polar surface area (TPSA) is 56.1 Å². The summed E-state index contributed by atoms with van der Waals surface area (Å²) >= 11 is 0. The van der Waals surface area contributed by atoms with E-state index in [9.17, 15) is 4.79 Å². The minimum Gasteiger partial charge on any atom is -0.492 e. The zero-order chi connectivity index (χ0) is 12.7. The van der Waals surface area contributed by atoms with Gasteiger partial charge in [-0.3, -0.25) is 4.79 Å². The average molecular weight is 245 g/mol. The van der Waals surface area contributed by atoms with Gasteiger partial charge >= 0.3 is 0 Å². The van der Waals surface area contributed by atoms with Crippen LogP contribution < -0.4 is 10.1 Å². The summed E-state index contributed by atoms with van der Waals surface area (Å²) < 4.78 is 7.42. The molecule has 3 rings (SSSR count). The van der Waals surface area contributed by atoms with Crippen LogP contribution in [0.2, 0.25) is 0 Å². The normalized spacial score (nSPS) is 18.6. The summed E-state index contributed by atoms with van der Waals surface area (Å²) in [5.41, 5.74) is 1.51. The Morgan fingerprint density at radius 3 is 3.17 bits per heavy atom. The number of amides is 1. The highest BCUT2D eigenvalue weighted by Gasteiger charge is 2.25. The molecule has 0 fully saturated rings. The van der Waals surface area contributed by atoms with Crippen LogP contribution in [0.3, 0.4) is 0 Å². The van der Waals surface area contributed by atoms with E-state index in [1.165, 1.54) is 0 Å². The van der Waals surface area contributed by atoms with E-state index in [1.807, 2.05) is 23.6 Å². The Labute approximate surface area is 105 Å². The number of carbonyl (C=O) groups is 1. The molecule has 0 aromatic carbocycles. The fourth-order valence-corrected chi connectivity index (χ4v) is 2.38. The van der Waals surface area contributed by atoms with Gasteiger partial charge in [0.25, 0.3) is 5.91 Å². The van der Waals surface area contributed by atoms with Crippen LogP contribution in [0, 0.1) is 0 Å². The molecule has 18 heavy (non-hydrogen) atoms. The van der Waals surface area contributed by atoms with Gasteiger partial charge in [-0.1, -0.05) is 0 Å². The summed E-state index contributed by atoms with van der Waals surface area (Å²) in [6.45, 7) is 5.26. The maximum atomic E-state index is 11.8. The molecular weight excluding hydrogens is 230 g/mol. The van der Waals surface area contributed by atoms with E-state index in [1.54, 1.807) is 6.20 Å². The van der Waals surface area contributed by atoms with Crippen molar-refractivity contribution >= 4 is 16.9 Å². The summed E-state index contributed by atoms with van der Waals surface area (Å²) in [7, 11) is 0. The van der Waals surface area contributed by atoms with Crippen LogP contribution >= 0.6 is 0 Å². The SMILES string of the molecule is CCOc1cnc2c(c1)cc1n2C(C)CNC1=O. The van der Waals surface area contributed by atoms with Gasteiger partial charge in [-0.15, -0.1) is 0 Å². The van der Waals surface area contributed by atoms with Gasteiger partial charge in [0.2, 0.25) is 0 Å². The van der Waals surface area contributed by atoms with Crippen LogP contribution in [0.1, 0.15) is 30.4 Å². The molecule has 2 aromatic heterocycles. The maximum Gasteiger partial charge on any atom is 0.268 e. The number of hydrogen-bond acceptors (Lipinski definition) is 3. The van der Waals surface area contributed by atoms with Crippen molar-refractivity contribution in [3.8, 4) is 5.75 Å². The molecule has 0 aliphatic carbocycles. The smallest absolute Gasteiger partial charge is 0.268 e. The molecule has 3 heterocycles. The second kappa shape index (κ2) is 4.01. The Kier molecular flexibility index (Phi) is 2.47. The first kappa shape index (κ1) is 11.1. The second-order valence-corrected chi connectivity index (χ2v) is 4.48. The monoisotopic (exact) mass is 245 g/mol. The number of hydrogen-bond donors (Lipinski definition) is 1. The number of ether oxygens (including phenoxy) is 1. The molecule has 0 bridgehead atoms. The quantitative estimate of drug-likeness (QED) is 0.876. The minimum absolute atomic E-state index is 0.0379. The lowest BCUT2D eigenvalue weighted by molar-refractivity contribution is 0.0919. The van der Waals surface area contributed by atoms with Crippen LogP contribution in [-0.4, -0.2) is 28.6 Å². The Hall–Kier alpha value is -2.04. The van der Waals surface area contributed by atoms with Gasteiger partial charge in [-0.25, -0.2) is 4.98 Å². The fraction of sp³-hybridized carbons (Fsp3) is 0.385. The number of carbonyl (C=O) groups excluding carboxylic acids is 1. The van der Waals surface area contributed by atoms with Crippen molar-refractivity contribution in [2.75, 3.05) is 13.2 Å². The van der Waals surface area contributed by atoms with E-state index in [2.05, 4.69) is 17.2 Å². The third kappa shape index (κ3) is 1.54. The van der Waals surface area contributed by atoms with Gasteiger partial charge in [0, 0.05) is 11.9 Å². The molecular formula is C13H15N3O2. The molecule has 5 heteroatoms. The third-order valence-corrected chi connectivity index (χ3v) is 3.19. The predicted molar refractivity (Wildman–Crippen MR) is 67.9 cm³/mol. The van der Waals surface area contributed by atoms with Gasteiger partial charge in [0.05, 0.1) is 18.8 Å². The first-order valence-corrected chi connectivity index (χ1v) is 6.12. The lowest BCUT2D eigenvalue weighted by Crippen LogP contribution is -2.37. The number of nitrogens with one attached hydrogen (secondary N) is 1. The highest BCUT2D eigenvalue weighted by molar-refractivity contribution is 5.99. The standard InChI is InChI=1S/C13H15N3O2/c1-3-18-10-4-9-5-11-13(17)15-6-8(2)16(11)12(9)14-7-10/h4-5,7-8H,3,6H2,1-2H3,(H,15,17). The molecule has 0 radical (unpaired) electrons. The largest absolute Gasteiger partial charge is 0.492 e. The van der Waals surface area contributed by atoms with Crippen molar-refractivity contribution in [3.05, 3.63) is 24.0 Å². The summed E-state index contributed by atoms with van der Waals surface area (Å²) in [6, 6.07) is 4.02. The maximum absolute atomic E-state index is 11.8. The Balaban J connectivity index is 2.19. The molecule has 1 aliphatic heterocycles. The first-order chi connectivity index (χ1) is 8.70. The molecule has 2 aromatic rings. The lowest BCUT2D eigenvalue weighted by Gasteiger charge is -2.23. The van der Waals surface area contributed by atoms with Crippen molar-refractivity contribution < 1.29 is 9.53 Å². The molecule has 0 spiro atoms. The van der Waals surface area contributed by atoms with Crippen LogP contribution in [-0.2, 0) is 0 Å². The van der Waals surface area contributed by atoms with Gasteiger partial charge in [-0.2, -0.15) is 0 Å². The third-order valence-electron chi connectivity index (χ3n) is 3.19. The van der Waals surface area contributed by atoms with Crippen molar-refractivity contribution in [3.63, 3.8) is 0 Å². The van der Waals surface area contributed by atoms with Gasteiger partial charge in [0.15, 0.2) is 0 Å². The molecule has 1 N–H and O–H groups in total. The summed E-state index contributed by atoms with van der Waals surface area (Å²) in [4.78, 5) is 16.2. The minimum atomic E-state index is -0.0379. The summed E-state index contributed by atoms with van der Waals surface area (Å²) in [5, 5.41) is 3.81. The second-order valence-electron chi connectivity index (χ2n) is 4.48. The highest BCUT2D eigenvalue weighted by Crippen LogP contribution is 2.27. The number of rotatable bonds is 2. The number of pyridine rings is 1. The van der Waals surface area contributed by atoms with Crippen LogP contribution in [0.5, 0.6) is 5.75 Å². The van der Waals surface area contributed by atoms with Crippen LogP contribution in [0.4, 0.5) is 0 Å². The van der Waals surface area contributed by atoms with E-state index >= 15 is 0 Å². The molecule has 5 nitrogen and oxygen atoms in total. The zero-order valence-corrected chi connectivity index (χ0v) is 10.4. The molecule has 0 saturated carbocycles. The van der Waals surface area contributed by atoms with E-state index in [0.717, 1.165) is 16.8 Å². The highest BCUT2D eigenvalue weighted by atomic mass is 16.5. The summed E-state index contributed by atoms with van der Waals surface area (Å²) in [6.07, 6.45) is 1.71. The summed E-state index contributed by atoms with van der Waals surface area (Å²) in [5.74, 6) is 0.699. The van der Waals surface area contributed by atoms with Gasteiger partial charge in [-0.05, 0) is 26.0 Å². The van der Waals surface area contributed by atoms with Crippen LogP contribution in [0.25, 0.3) is 11.0 Å². The van der Waals surface area contributed by atoms with E-state index in [4.69, 9.17) is 4.74 Å². The first-order valence-electron chi connectivity index (χ1n) is 6.12. The van der Waals surface area contributed by atoms with Crippen molar-refractivity contribution in [2.45, 2.75) is 19.9 Å². The number of fused-ring (bicyclic) bond motifs is 3. The molecule has 1 unspecified atom stereocenters. The fourth-order valence-electron chi connectivity index (χ4n) is 2.38. The molecule has 94 valence electrons. The van der Waals surface area contributed by atoms with Crippen molar-refractivity contribution in [1.82, 2.24) is 14.9 Å². The predicted octanol–water partition coefficient (Wildman–Crippen LogP) is 1.74. The zero-order valence-electron chi connectivity index (χ0n) is 10.4. The van der Waals surface area contributed by atoms with Gasteiger partial charge in [0.1, 0.15) is 17.1 Å². The van der Waals surface area contributed by atoms with Gasteiger partial charge < -0.3 is 14.6 Å². The van der Waals surface area contributed by atoms with Crippen molar-refractivity contribution in [2.24, 2.45) is 0 Å². The van der Waals surface area contributed by atoms with E-state index < -0.39 is 0 Å². The number of aromatic nitrogens is 2. The molecule has 1 aliphatic rings.